The minimum Gasteiger partial charge on any atom is -0.508 e. The summed E-state index contributed by atoms with van der Waals surface area (Å²) in [7, 11) is 0. The van der Waals surface area contributed by atoms with Crippen molar-refractivity contribution in [3.8, 4) is 23.0 Å². The molecule has 8 nitrogen and oxygen atoms in total. The van der Waals surface area contributed by atoms with Crippen LogP contribution in [0.4, 0.5) is 18.9 Å². The van der Waals surface area contributed by atoms with Crippen molar-refractivity contribution in [1.29, 1.82) is 0 Å². The molecule has 140 valence electrons. The monoisotopic (exact) mass is 383 g/mol. The van der Waals surface area contributed by atoms with E-state index >= 15 is 0 Å². The first kappa shape index (κ1) is 18.0. The lowest BCUT2D eigenvalue weighted by Crippen LogP contribution is -2.15. The summed E-state index contributed by atoms with van der Waals surface area (Å²) in [5, 5.41) is 29.3. The first-order valence-electron chi connectivity index (χ1n) is 7.10. The first-order chi connectivity index (χ1) is 12.6. The van der Waals surface area contributed by atoms with Crippen LogP contribution in [0.2, 0.25) is 0 Å². The summed E-state index contributed by atoms with van der Waals surface area (Å²) in [5.41, 5.74) is -2.54. The van der Waals surface area contributed by atoms with Crippen molar-refractivity contribution in [3.63, 3.8) is 0 Å². The summed E-state index contributed by atoms with van der Waals surface area (Å²) in [5.74, 6) is -4.65. The van der Waals surface area contributed by atoms with Gasteiger partial charge in [0.1, 0.15) is 17.1 Å². The third-order valence-corrected chi connectivity index (χ3v) is 3.46. The molecule has 0 saturated carbocycles. The average Bonchev–Trinajstić information content (AvgIpc) is 2.57. The van der Waals surface area contributed by atoms with Crippen molar-refractivity contribution >= 4 is 16.7 Å². The normalized spacial score (nSPS) is 11.5. The number of phenolic OH excluding ortho intramolecular Hbond substituents is 2. The highest BCUT2D eigenvalue weighted by Gasteiger charge is 2.40. The predicted molar refractivity (Wildman–Crippen MR) is 84.0 cm³/mol. The van der Waals surface area contributed by atoms with Crippen LogP contribution in [0.25, 0.3) is 11.0 Å². The fourth-order valence-corrected chi connectivity index (χ4v) is 2.27. The van der Waals surface area contributed by atoms with Crippen LogP contribution in [-0.2, 0) is 6.18 Å². The van der Waals surface area contributed by atoms with Crippen LogP contribution in [0.15, 0.2) is 45.6 Å². The van der Waals surface area contributed by atoms with Crippen molar-refractivity contribution in [2.75, 3.05) is 0 Å². The summed E-state index contributed by atoms with van der Waals surface area (Å²) in [4.78, 5) is 22.3. The number of hydrogen-bond donors (Lipinski definition) is 2. The zero-order valence-corrected chi connectivity index (χ0v) is 13.0. The van der Waals surface area contributed by atoms with Gasteiger partial charge in [0.25, 0.3) is 5.76 Å². The minimum absolute atomic E-state index is 0.302. The maximum absolute atomic E-state index is 13.3. The number of phenols is 2. The first-order valence-corrected chi connectivity index (χ1v) is 7.10. The highest BCUT2D eigenvalue weighted by molar-refractivity contribution is 5.79. The highest BCUT2D eigenvalue weighted by Crippen LogP contribution is 2.39. The van der Waals surface area contributed by atoms with Gasteiger partial charge in [-0.15, -0.1) is 0 Å². The summed E-state index contributed by atoms with van der Waals surface area (Å²) in [6, 6.07) is 5.39. The molecule has 0 atom stereocenters. The summed E-state index contributed by atoms with van der Waals surface area (Å²) in [6.45, 7) is 0. The quantitative estimate of drug-likeness (QED) is 0.519. The van der Waals surface area contributed by atoms with Crippen LogP contribution in [0.5, 0.6) is 23.0 Å². The lowest BCUT2D eigenvalue weighted by atomic mass is 10.2. The standard InChI is InChI=1S/C16H8F3NO7/c17-16(18,19)15-14(13(23)9-3-1-7(21)5-12(9)27-15)26-8-2-4-11(22)10(6-8)20(24)25/h1-6,21-22H. The van der Waals surface area contributed by atoms with Gasteiger partial charge in [0.15, 0.2) is 5.75 Å². The van der Waals surface area contributed by atoms with Crippen molar-refractivity contribution in [1.82, 2.24) is 0 Å². The Morgan fingerprint density at radius 1 is 1.11 bits per heavy atom. The Morgan fingerprint density at radius 3 is 2.44 bits per heavy atom. The summed E-state index contributed by atoms with van der Waals surface area (Å²) >= 11 is 0. The van der Waals surface area contributed by atoms with Crippen molar-refractivity contribution in [3.05, 3.63) is 62.5 Å². The molecule has 2 N–H and O–H groups in total. The number of nitrogens with zero attached hydrogens (tertiary/aromatic N) is 1. The molecule has 1 aromatic heterocycles. The largest absolute Gasteiger partial charge is 0.508 e. The molecule has 3 rings (SSSR count). The molecule has 0 bridgehead atoms. The Kier molecular flexibility index (Phi) is 4.14. The van der Waals surface area contributed by atoms with Crippen molar-refractivity contribution in [2.24, 2.45) is 0 Å². The van der Waals surface area contributed by atoms with E-state index in [1.54, 1.807) is 0 Å². The number of fused-ring (bicyclic) bond motifs is 1. The number of nitro benzene ring substituents is 1. The molecule has 3 aromatic rings. The molecule has 0 aliphatic heterocycles. The van der Waals surface area contributed by atoms with Gasteiger partial charge in [0.05, 0.1) is 16.4 Å². The highest BCUT2D eigenvalue weighted by atomic mass is 19.4. The van der Waals surface area contributed by atoms with E-state index in [2.05, 4.69) is 0 Å². The van der Waals surface area contributed by atoms with E-state index in [0.717, 1.165) is 30.3 Å². The smallest absolute Gasteiger partial charge is 0.453 e. The van der Waals surface area contributed by atoms with Crippen LogP contribution < -0.4 is 10.2 Å². The number of alkyl halides is 3. The van der Waals surface area contributed by atoms with E-state index in [4.69, 9.17) is 9.15 Å². The van der Waals surface area contributed by atoms with Gasteiger partial charge < -0.3 is 19.4 Å². The number of nitro groups is 1. The van der Waals surface area contributed by atoms with Crippen LogP contribution in [0, 0.1) is 10.1 Å². The van der Waals surface area contributed by atoms with E-state index in [9.17, 15) is 38.3 Å². The third-order valence-electron chi connectivity index (χ3n) is 3.46. The van der Waals surface area contributed by atoms with E-state index in [0.29, 0.717) is 6.07 Å². The molecule has 0 saturated heterocycles. The second kappa shape index (κ2) is 6.20. The second-order valence-corrected chi connectivity index (χ2v) is 5.28. The number of ether oxygens (including phenoxy) is 1. The van der Waals surface area contributed by atoms with Crippen LogP contribution in [-0.4, -0.2) is 15.1 Å². The Balaban J connectivity index is 2.23. The lowest BCUT2D eigenvalue weighted by Gasteiger charge is -2.13. The van der Waals surface area contributed by atoms with Gasteiger partial charge in [-0.05, 0) is 24.3 Å². The molecule has 0 unspecified atom stereocenters. The molecule has 0 radical (unpaired) electrons. The van der Waals surface area contributed by atoms with Gasteiger partial charge in [-0.1, -0.05) is 0 Å². The van der Waals surface area contributed by atoms with Gasteiger partial charge >= 0.3 is 11.9 Å². The van der Waals surface area contributed by atoms with Gasteiger partial charge in [-0.25, -0.2) is 0 Å². The molecule has 11 heteroatoms. The molecular weight excluding hydrogens is 375 g/mol. The van der Waals surface area contributed by atoms with E-state index in [1.807, 2.05) is 0 Å². The fourth-order valence-electron chi connectivity index (χ4n) is 2.27. The van der Waals surface area contributed by atoms with Gasteiger partial charge in [0.2, 0.25) is 11.2 Å². The number of rotatable bonds is 3. The third kappa shape index (κ3) is 3.34. The number of hydrogen-bond acceptors (Lipinski definition) is 7. The van der Waals surface area contributed by atoms with Crippen molar-refractivity contribution in [2.45, 2.75) is 6.18 Å². The molecule has 0 amide bonds. The van der Waals surface area contributed by atoms with Gasteiger partial charge in [-0.2, -0.15) is 13.2 Å². The zero-order chi connectivity index (χ0) is 19.9. The number of halogens is 3. The maximum Gasteiger partial charge on any atom is 0.453 e. The van der Waals surface area contributed by atoms with Crippen LogP contribution in [0.3, 0.4) is 0 Å². The second-order valence-electron chi connectivity index (χ2n) is 5.28. The maximum atomic E-state index is 13.3. The van der Waals surface area contributed by atoms with Gasteiger partial charge in [0, 0.05) is 6.07 Å². The SMILES string of the molecule is O=c1c(Oc2ccc(O)c([N+](=O)[O-])c2)c(C(F)(F)F)oc2cc(O)ccc12. The Labute approximate surface area is 146 Å². The minimum atomic E-state index is -5.13. The Bertz CT molecular complexity index is 1120. The summed E-state index contributed by atoms with van der Waals surface area (Å²) in [6.07, 6.45) is -5.13. The van der Waals surface area contributed by atoms with E-state index < -0.39 is 56.6 Å². The van der Waals surface area contributed by atoms with E-state index in [-0.39, 0.29) is 5.39 Å². The number of aromatic hydroxyl groups is 2. The number of benzene rings is 2. The van der Waals surface area contributed by atoms with E-state index in [1.165, 1.54) is 0 Å². The van der Waals surface area contributed by atoms with Crippen LogP contribution in [0.1, 0.15) is 5.76 Å². The van der Waals surface area contributed by atoms with Gasteiger partial charge in [-0.3, -0.25) is 14.9 Å². The molecule has 27 heavy (non-hydrogen) atoms. The van der Waals surface area contributed by atoms with Crippen molar-refractivity contribution < 1.29 is 37.5 Å². The molecule has 1 heterocycles. The predicted octanol–water partition coefficient (Wildman–Crippen LogP) is 3.92. The summed E-state index contributed by atoms with van der Waals surface area (Å²) < 4.78 is 49.6. The Morgan fingerprint density at radius 2 is 1.81 bits per heavy atom. The molecule has 2 aromatic carbocycles. The molecular formula is C16H8F3NO7. The molecule has 0 aliphatic carbocycles. The lowest BCUT2D eigenvalue weighted by molar-refractivity contribution is -0.385. The topological polar surface area (TPSA) is 123 Å². The molecule has 0 aliphatic rings. The molecule has 0 spiro atoms. The Hall–Kier alpha value is -3.76. The fraction of sp³-hybridized carbons (Fsp3) is 0.0625. The zero-order valence-electron chi connectivity index (χ0n) is 13.0. The molecule has 0 fully saturated rings. The van der Waals surface area contributed by atoms with Crippen LogP contribution >= 0.6 is 0 Å². The average molecular weight is 383 g/mol.